The number of nitrogens with one attached hydrogen (secondary N) is 1. The minimum atomic E-state index is -3.15. The number of aliphatic hydroxyl groups is 1. The van der Waals surface area contributed by atoms with Crippen LogP contribution in [0.4, 0.5) is 18.3 Å². The van der Waals surface area contributed by atoms with E-state index in [1.165, 1.54) is 30.3 Å². The first kappa shape index (κ1) is 28.7. The van der Waals surface area contributed by atoms with Gasteiger partial charge in [0.1, 0.15) is 40.4 Å². The predicted molar refractivity (Wildman–Crippen MR) is 151 cm³/mol. The summed E-state index contributed by atoms with van der Waals surface area (Å²) < 4.78 is 50.7. The summed E-state index contributed by atoms with van der Waals surface area (Å²) in [6.45, 7) is -1.88. The van der Waals surface area contributed by atoms with Crippen molar-refractivity contribution >= 4 is 38.5 Å². The number of carbonyl (C=O) groups excluding carboxylic acids is 2. The van der Waals surface area contributed by atoms with Crippen LogP contribution < -0.4 is 26.3 Å². The first-order valence-electron chi connectivity index (χ1n) is 13.3. The quantitative estimate of drug-likeness (QED) is 0.221. The smallest absolute Gasteiger partial charge is 0.387 e. The zero-order valence-corrected chi connectivity index (χ0v) is 23.5. The van der Waals surface area contributed by atoms with E-state index in [-0.39, 0.29) is 52.4 Å². The number of thiazole rings is 1. The molecule has 1 fully saturated rings. The number of nitrogens with zero attached hydrogens (tertiary/aromatic N) is 2. The highest BCUT2D eigenvalue weighted by Crippen LogP contribution is 2.50. The molecule has 43 heavy (non-hydrogen) atoms. The standard InChI is InChI=1S/C29H26F3N5O5S/c1-28(25(33)39)12-41-23-17(28)10-20(36-21(23)13-2-6-16(30)7-3-13)29(40,15-4-5-15)11-35-24(38)14-8-18(42-26(31)32)22-19(9-14)43-27(34)37-22/h2-3,6-10,15,26,40H,4-5,11-12H2,1H3,(H2,33,39)(H2,34,37)(H,35,38)/t28-,29?/m0/s1. The molecule has 1 aliphatic heterocycles. The van der Waals surface area contributed by atoms with Crippen molar-refractivity contribution in [2.24, 2.45) is 11.7 Å². The van der Waals surface area contributed by atoms with Crippen LogP contribution in [-0.2, 0) is 15.8 Å². The van der Waals surface area contributed by atoms with Gasteiger partial charge in [0.2, 0.25) is 5.91 Å². The zero-order chi connectivity index (χ0) is 30.7. The number of carbonyl (C=O) groups is 2. The van der Waals surface area contributed by atoms with Crippen LogP contribution in [0.1, 0.15) is 41.4 Å². The molecule has 3 heterocycles. The van der Waals surface area contributed by atoms with Gasteiger partial charge in [0.05, 0.1) is 16.9 Å². The maximum Gasteiger partial charge on any atom is 0.387 e. The number of alkyl halides is 2. The molecule has 0 bridgehead atoms. The van der Waals surface area contributed by atoms with Crippen LogP contribution in [0.25, 0.3) is 21.5 Å². The molecule has 2 aromatic heterocycles. The van der Waals surface area contributed by atoms with Crippen LogP contribution in [0.5, 0.6) is 11.5 Å². The fourth-order valence-corrected chi connectivity index (χ4v) is 6.06. The minimum absolute atomic E-state index is 0.00596. The Bertz CT molecular complexity index is 1760. The third-order valence-electron chi connectivity index (χ3n) is 7.90. The third-order valence-corrected chi connectivity index (χ3v) is 8.74. The molecule has 10 nitrogen and oxygen atoms in total. The van der Waals surface area contributed by atoms with Crippen molar-refractivity contribution < 1.29 is 37.3 Å². The fourth-order valence-electron chi connectivity index (χ4n) is 5.27. The van der Waals surface area contributed by atoms with Gasteiger partial charge in [-0.3, -0.25) is 9.59 Å². The predicted octanol–water partition coefficient (Wildman–Crippen LogP) is 3.84. The van der Waals surface area contributed by atoms with E-state index in [0.29, 0.717) is 34.4 Å². The molecule has 4 aromatic rings. The van der Waals surface area contributed by atoms with E-state index in [1.807, 2.05) is 0 Å². The second-order valence-electron chi connectivity index (χ2n) is 10.9. The molecule has 1 saturated carbocycles. The zero-order valence-electron chi connectivity index (χ0n) is 22.7. The fraction of sp³-hybridized carbons (Fsp3) is 0.310. The Balaban J connectivity index is 1.38. The Morgan fingerprint density at radius 3 is 2.60 bits per heavy atom. The second-order valence-corrected chi connectivity index (χ2v) is 11.9. The Morgan fingerprint density at radius 1 is 1.23 bits per heavy atom. The van der Waals surface area contributed by atoms with E-state index in [9.17, 15) is 27.9 Å². The van der Waals surface area contributed by atoms with Crippen LogP contribution >= 0.6 is 11.3 Å². The van der Waals surface area contributed by atoms with Gasteiger partial charge in [-0.2, -0.15) is 8.78 Å². The van der Waals surface area contributed by atoms with Gasteiger partial charge < -0.3 is 31.4 Å². The number of ether oxygens (including phenoxy) is 2. The third kappa shape index (κ3) is 5.10. The molecule has 2 amide bonds. The molecule has 1 unspecified atom stereocenters. The Morgan fingerprint density at radius 2 is 1.95 bits per heavy atom. The number of amides is 2. The van der Waals surface area contributed by atoms with Crippen molar-refractivity contribution in [3.05, 3.63) is 65.1 Å². The molecule has 1 aliphatic carbocycles. The number of hydrogen-bond donors (Lipinski definition) is 4. The molecule has 6 N–H and O–H groups in total. The van der Waals surface area contributed by atoms with E-state index in [1.54, 1.807) is 13.0 Å². The second kappa shape index (κ2) is 10.4. The normalized spacial score (nSPS) is 19.1. The lowest BCUT2D eigenvalue weighted by molar-refractivity contribution is -0.123. The molecule has 6 rings (SSSR count). The van der Waals surface area contributed by atoms with Gasteiger partial charge in [-0.1, -0.05) is 11.3 Å². The lowest BCUT2D eigenvalue weighted by Gasteiger charge is -2.30. The number of anilines is 1. The van der Waals surface area contributed by atoms with Gasteiger partial charge in [0.15, 0.2) is 10.9 Å². The molecule has 0 saturated heterocycles. The van der Waals surface area contributed by atoms with E-state index in [2.05, 4.69) is 15.0 Å². The molecule has 2 aliphatic rings. The van der Waals surface area contributed by atoms with Crippen LogP contribution in [0.15, 0.2) is 42.5 Å². The van der Waals surface area contributed by atoms with E-state index < -0.39 is 35.3 Å². The number of nitrogens with two attached hydrogens (primary N) is 2. The summed E-state index contributed by atoms with van der Waals surface area (Å²) in [6, 6.07) is 9.66. The van der Waals surface area contributed by atoms with Crippen LogP contribution in [0, 0.1) is 11.7 Å². The van der Waals surface area contributed by atoms with Crippen LogP contribution in [0.2, 0.25) is 0 Å². The van der Waals surface area contributed by atoms with Gasteiger partial charge in [0, 0.05) is 16.7 Å². The first-order chi connectivity index (χ1) is 20.4. The average Bonchev–Trinajstić information content (AvgIpc) is 3.67. The van der Waals surface area contributed by atoms with Crippen molar-refractivity contribution in [3.8, 4) is 22.8 Å². The van der Waals surface area contributed by atoms with E-state index in [0.717, 1.165) is 17.4 Å². The number of fused-ring (bicyclic) bond motifs is 2. The summed E-state index contributed by atoms with van der Waals surface area (Å²) in [5, 5.41) is 14.9. The largest absolute Gasteiger partial charge is 0.489 e. The average molecular weight is 614 g/mol. The van der Waals surface area contributed by atoms with Crippen molar-refractivity contribution in [2.75, 3.05) is 18.9 Å². The lowest BCUT2D eigenvalue weighted by Crippen LogP contribution is -2.44. The number of pyridine rings is 1. The van der Waals surface area contributed by atoms with Gasteiger partial charge in [-0.05, 0) is 68.1 Å². The summed E-state index contributed by atoms with van der Waals surface area (Å²) in [4.78, 5) is 34.6. The molecule has 0 radical (unpaired) electrons. The van der Waals surface area contributed by atoms with Gasteiger partial charge >= 0.3 is 6.61 Å². The SMILES string of the molecule is C[C@]1(C(N)=O)COc2c1cc(C(O)(CNC(=O)c1cc(OC(F)F)c3nc(N)sc3c1)C1CC1)nc2-c1ccc(F)cc1. The maximum atomic E-state index is 13.7. The lowest BCUT2D eigenvalue weighted by atomic mass is 9.81. The molecule has 14 heteroatoms. The van der Waals surface area contributed by atoms with Crippen molar-refractivity contribution in [3.63, 3.8) is 0 Å². The number of benzene rings is 2. The topological polar surface area (TPSA) is 163 Å². The Kier molecular flexibility index (Phi) is 6.92. The number of hydrogen-bond acceptors (Lipinski definition) is 9. The highest BCUT2D eigenvalue weighted by atomic mass is 32.1. The summed E-state index contributed by atoms with van der Waals surface area (Å²) >= 11 is 1.00. The summed E-state index contributed by atoms with van der Waals surface area (Å²) in [5.41, 5.74) is 10.0. The molecular formula is C29H26F3N5O5S. The number of primary amides is 1. The molecule has 2 atom stereocenters. The van der Waals surface area contributed by atoms with Gasteiger partial charge in [-0.25, -0.2) is 14.4 Å². The van der Waals surface area contributed by atoms with E-state index in [4.69, 9.17) is 21.2 Å². The highest BCUT2D eigenvalue weighted by molar-refractivity contribution is 7.22. The van der Waals surface area contributed by atoms with Gasteiger partial charge in [0.25, 0.3) is 5.91 Å². The first-order valence-corrected chi connectivity index (χ1v) is 14.1. The Hall–Kier alpha value is -4.43. The van der Waals surface area contributed by atoms with Crippen molar-refractivity contribution in [1.29, 1.82) is 0 Å². The van der Waals surface area contributed by atoms with Crippen LogP contribution in [0.3, 0.4) is 0 Å². The van der Waals surface area contributed by atoms with Crippen molar-refractivity contribution in [1.82, 2.24) is 15.3 Å². The molecule has 224 valence electrons. The van der Waals surface area contributed by atoms with Crippen LogP contribution in [-0.4, -0.2) is 46.7 Å². The number of nitrogen functional groups attached to an aromatic ring is 1. The Labute approximate surface area is 246 Å². The highest BCUT2D eigenvalue weighted by Gasteiger charge is 2.50. The minimum Gasteiger partial charge on any atom is -0.489 e. The summed E-state index contributed by atoms with van der Waals surface area (Å²) in [6.07, 6.45) is 1.28. The number of rotatable bonds is 9. The van der Waals surface area contributed by atoms with Crippen molar-refractivity contribution in [2.45, 2.75) is 37.4 Å². The number of aromatic nitrogens is 2. The molecule has 0 spiro atoms. The number of halogens is 3. The summed E-state index contributed by atoms with van der Waals surface area (Å²) in [5.74, 6) is -2.07. The molecular weight excluding hydrogens is 587 g/mol. The van der Waals surface area contributed by atoms with E-state index >= 15 is 0 Å². The summed E-state index contributed by atoms with van der Waals surface area (Å²) in [7, 11) is 0. The monoisotopic (exact) mass is 613 g/mol. The van der Waals surface area contributed by atoms with Gasteiger partial charge in [-0.15, -0.1) is 0 Å². The maximum absolute atomic E-state index is 13.7. The molecule has 2 aromatic carbocycles.